The van der Waals surface area contributed by atoms with E-state index in [9.17, 15) is 0 Å². The maximum absolute atomic E-state index is 6.05. The number of para-hydroxylation sites is 1. The number of hydrogen-bond donors (Lipinski definition) is 1. The van der Waals surface area contributed by atoms with Crippen molar-refractivity contribution in [1.82, 2.24) is 14.8 Å². The smallest absolute Gasteiger partial charge is 0.195 e. The molecule has 1 aromatic carbocycles. The number of ether oxygens (including phenoxy) is 1. The van der Waals surface area contributed by atoms with Crippen LogP contribution < -0.4 is 4.74 Å². The van der Waals surface area contributed by atoms with Gasteiger partial charge in [0.15, 0.2) is 16.7 Å². The second kappa shape index (κ2) is 5.54. The topological polar surface area (TPSA) is 42.8 Å². The molecule has 18 heavy (non-hydrogen) atoms. The Morgan fingerprint density at radius 2 is 2.22 bits per heavy atom. The molecule has 2 rings (SSSR count). The van der Waals surface area contributed by atoms with Crippen LogP contribution in [0.15, 0.2) is 24.3 Å². The Hall–Kier alpha value is -1.33. The summed E-state index contributed by atoms with van der Waals surface area (Å²) in [6, 6.07) is 7.36. The van der Waals surface area contributed by atoms with Crippen molar-refractivity contribution in [2.75, 3.05) is 0 Å². The molecule has 0 aliphatic carbocycles. The van der Waals surface area contributed by atoms with Crippen LogP contribution in [-0.4, -0.2) is 14.8 Å². The first-order valence-electron chi connectivity index (χ1n) is 5.69. The van der Waals surface area contributed by atoms with Crippen molar-refractivity contribution in [3.8, 4) is 5.75 Å². The minimum absolute atomic E-state index is 0.224. The SMILES string of the molecule is CCn1c(C(C)Oc2ccccc2Cl)n[nH]c1=S. The Kier molecular flexibility index (Phi) is 4.04. The van der Waals surface area contributed by atoms with Crippen molar-refractivity contribution >= 4 is 23.8 Å². The second-order valence-electron chi connectivity index (χ2n) is 3.82. The molecule has 2 aromatic rings. The van der Waals surface area contributed by atoms with Crippen LogP contribution in [0.1, 0.15) is 25.8 Å². The lowest BCUT2D eigenvalue weighted by molar-refractivity contribution is 0.211. The fourth-order valence-corrected chi connectivity index (χ4v) is 2.18. The Bertz CT molecular complexity index is 593. The van der Waals surface area contributed by atoms with Crippen LogP contribution >= 0.6 is 23.8 Å². The lowest BCUT2D eigenvalue weighted by Crippen LogP contribution is -2.11. The van der Waals surface area contributed by atoms with Gasteiger partial charge in [0.1, 0.15) is 5.75 Å². The summed E-state index contributed by atoms with van der Waals surface area (Å²) in [5.74, 6) is 1.41. The van der Waals surface area contributed by atoms with E-state index in [-0.39, 0.29) is 6.10 Å². The average molecular weight is 284 g/mol. The number of halogens is 1. The lowest BCUT2D eigenvalue weighted by Gasteiger charge is -2.15. The molecule has 0 radical (unpaired) electrons. The van der Waals surface area contributed by atoms with Gasteiger partial charge in [0.2, 0.25) is 0 Å². The molecule has 1 aromatic heterocycles. The first kappa shape index (κ1) is 13.1. The largest absolute Gasteiger partial charge is 0.481 e. The minimum atomic E-state index is -0.224. The van der Waals surface area contributed by atoms with Gasteiger partial charge in [-0.1, -0.05) is 23.7 Å². The molecule has 1 heterocycles. The van der Waals surface area contributed by atoms with Gasteiger partial charge in [0.05, 0.1) is 5.02 Å². The van der Waals surface area contributed by atoms with Gasteiger partial charge >= 0.3 is 0 Å². The van der Waals surface area contributed by atoms with E-state index < -0.39 is 0 Å². The first-order valence-corrected chi connectivity index (χ1v) is 6.48. The van der Waals surface area contributed by atoms with E-state index in [1.54, 1.807) is 6.07 Å². The monoisotopic (exact) mass is 283 g/mol. The van der Waals surface area contributed by atoms with Crippen molar-refractivity contribution in [2.24, 2.45) is 0 Å². The van der Waals surface area contributed by atoms with E-state index >= 15 is 0 Å². The normalized spacial score (nSPS) is 12.4. The highest BCUT2D eigenvalue weighted by molar-refractivity contribution is 7.71. The Morgan fingerprint density at radius 1 is 1.50 bits per heavy atom. The van der Waals surface area contributed by atoms with Crippen LogP contribution in [-0.2, 0) is 6.54 Å². The van der Waals surface area contributed by atoms with Crippen molar-refractivity contribution in [3.63, 3.8) is 0 Å². The predicted octanol–water partition coefficient (Wildman–Crippen LogP) is 3.75. The number of rotatable bonds is 4. The zero-order valence-corrected chi connectivity index (χ0v) is 11.8. The summed E-state index contributed by atoms with van der Waals surface area (Å²) in [6.07, 6.45) is -0.224. The molecule has 96 valence electrons. The molecule has 0 spiro atoms. The van der Waals surface area contributed by atoms with Crippen molar-refractivity contribution < 1.29 is 4.74 Å². The summed E-state index contributed by atoms with van der Waals surface area (Å²) in [4.78, 5) is 0. The number of benzene rings is 1. The molecule has 1 atom stereocenters. The molecule has 1 N–H and O–H groups in total. The number of hydrogen-bond acceptors (Lipinski definition) is 3. The van der Waals surface area contributed by atoms with E-state index in [0.29, 0.717) is 15.5 Å². The first-order chi connectivity index (χ1) is 8.63. The van der Waals surface area contributed by atoms with Crippen molar-refractivity contribution in [2.45, 2.75) is 26.5 Å². The highest BCUT2D eigenvalue weighted by atomic mass is 35.5. The van der Waals surface area contributed by atoms with E-state index in [1.165, 1.54) is 0 Å². The lowest BCUT2D eigenvalue weighted by atomic mass is 10.3. The molecule has 4 nitrogen and oxygen atoms in total. The van der Waals surface area contributed by atoms with Gasteiger partial charge in [0.25, 0.3) is 0 Å². The number of H-pyrrole nitrogens is 1. The zero-order valence-electron chi connectivity index (χ0n) is 10.2. The van der Waals surface area contributed by atoms with Gasteiger partial charge in [-0.05, 0) is 38.2 Å². The van der Waals surface area contributed by atoms with Gasteiger partial charge in [0, 0.05) is 6.54 Å². The third kappa shape index (κ3) is 2.57. The van der Waals surface area contributed by atoms with Crippen LogP contribution in [0.4, 0.5) is 0 Å². The Balaban J connectivity index is 2.25. The summed E-state index contributed by atoms with van der Waals surface area (Å²) in [6.45, 7) is 4.68. The minimum Gasteiger partial charge on any atom is -0.481 e. The summed E-state index contributed by atoms with van der Waals surface area (Å²) in [7, 11) is 0. The molecule has 0 amide bonds. The molecule has 1 unspecified atom stereocenters. The summed E-state index contributed by atoms with van der Waals surface area (Å²) < 4.78 is 8.30. The van der Waals surface area contributed by atoms with E-state index in [2.05, 4.69) is 10.2 Å². The number of aromatic amines is 1. The van der Waals surface area contributed by atoms with Crippen LogP contribution in [0.5, 0.6) is 5.75 Å². The van der Waals surface area contributed by atoms with E-state index in [0.717, 1.165) is 12.4 Å². The van der Waals surface area contributed by atoms with Gasteiger partial charge in [-0.2, -0.15) is 5.10 Å². The van der Waals surface area contributed by atoms with E-state index in [4.69, 9.17) is 28.6 Å². The predicted molar refractivity (Wildman–Crippen MR) is 73.6 cm³/mol. The third-order valence-corrected chi connectivity index (χ3v) is 3.23. The fraction of sp³-hybridized carbons (Fsp3) is 0.333. The maximum Gasteiger partial charge on any atom is 0.195 e. The molecule has 0 aliphatic rings. The molecule has 0 fully saturated rings. The highest BCUT2D eigenvalue weighted by Gasteiger charge is 2.15. The number of nitrogens with zero attached hydrogens (tertiary/aromatic N) is 2. The summed E-state index contributed by atoms with van der Waals surface area (Å²) >= 11 is 11.2. The van der Waals surface area contributed by atoms with Crippen LogP contribution in [0.3, 0.4) is 0 Å². The Labute approximate surface area is 116 Å². The van der Waals surface area contributed by atoms with Gasteiger partial charge in [-0.25, -0.2) is 0 Å². The average Bonchev–Trinajstić information content (AvgIpc) is 2.73. The van der Waals surface area contributed by atoms with Gasteiger partial charge in [-0.3, -0.25) is 5.10 Å². The molecular formula is C12H14ClN3OS. The Morgan fingerprint density at radius 3 is 2.89 bits per heavy atom. The number of aromatic nitrogens is 3. The summed E-state index contributed by atoms with van der Waals surface area (Å²) in [5, 5.41) is 7.55. The zero-order chi connectivity index (χ0) is 13.1. The fourth-order valence-electron chi connectivity index (χ4n) is 1.73. The maximum atomic E-state index is 6.05. The van der Waals surface area contributed by atoms with E-state index in [1.807, 2.05) is 36.6 Å². The summed E-state index contributed by atoms with van der Waals surface area (Å²) in [5.41, 5.74) is 0. The molecule has 0 saturated heterocycles. The van der Waals surface area contributed by atoms with Crippen molar-refractivity contribution in [3.05, 3.63) is 39.9 Å². The molecule has 6 heteroatoms. The molecule has 0 saturated carbocycles. The molecular weight excluding hydrogens is 270 g/mol. The molecule has 0 bridgehead atoms. The highest BCUT2D eigenvalue weighted by Crippen LogP contribution is 2.27. The van der Waals surface area contributed by atoms with Crippen LogP contribution in [0, 0.1) is 4.77 Å². The van der Waals surface area contributed by atoms with Crippen LogP contribution in [0.25, 0.3) is 0 Å². The van der Waals surface area contributed by atoms with Gasteiger partial charge in [-0.15, -0.1) is 0 Å². The van der Waals surface area contributed by atoms with Crippen molar-refractivity contribution in [1.29, 1.82) is 0 Å². The standard InChI is InChI=1S/C12H14ClN3OS/c1-3-16-11(14-15-12(16)18)8(2)17-10-7-5-4-6-9(10)13/h4-8H,3H2,1-2H3,(H,15,18). The van der Waals surface area contributed by atoms with Crippen LogP contribution in [0.2, 0.25) is 5.02 Å². The van der Waals surface area contributed by atoms with Gasteiger partial charge < -0.3 is 9.30 Å². The quantitative estimate of drug-likeness (QED) is 0.869. The second-order valence-corrected chi connectivity index (χ2v) is 4.62. The third-order valence-electron chi connectivity index (χ3n) is 2.61. The number of nitrogens with one attached hydrogen (secondary N) is 1. The molecule has 0 aliphatic heterocycles.